The topological polar surface area (TPSA) is 119 Å². The van der Waals surface area contributed by atoms with Crippen LogP contribution in [0.5, 0.6) is 5.88 Å². The summed E-state index contributed by atoms with van der Waals surface area (Å²) in [4.78, 5) is 35.3. The van der Waals surface area contributed by atoms with Crippen molar-refractivity contribution in [2.24, 2.45) is 5.92 Å². The predicted octanol–water partition coefficient (Wildman–Crippen LogP) is 5.10. The van der Waals surface area contributed by atoms with Crippen LogP contribution in [0.15, 0.2) is 40.9 Å². The molecule has 2 N–H and O–H groups in total. The van der Waals surface area contributed by atoms with Gasteiger partial charge in [0.1, 0.15) is 17.6 Å². The zero-order valence-electron chi connectivity index (χ0n) is 24.0. The Hall–Kier alpha value is -4.01. The number of benzene rings is 1. The quantitative estimate of drug-likeness (QED) is 0.301. The lowest BCUT2D eigenvalue weighted by Crippen LogP contribution is -2.40. The molecular weight excluding hydrogens is 593 g/mol. The van der Waals surface area contributed by atoms with Gasteiger partial charge in [0.15, 0.2) is 5.58 Å². The van der Waals surface area contributed by atoms with Crippen LogP contribution < -0.4 is 15.4 Å². The number of rotatable bonds is 10. The molecule has 1 aromatic carbocycles. The van der Waals surface area contributed by atoms with Crippen molar-refractivity contribution < 1.29 is 45.4 Å². The molecule has 44 heavy (non-hydrogen) atoms. The Morgan fingerprint density at radius 3 is 2.57 bits per heavy atom. The first-order valence-corrected chi connectivity index (χ1v) is 14.1. The highest BCUT2D eigenvalue weighted by molar-refractivity contribution is 5.80. The number of pyridine rings is 1. The first-order chi connectivity index (χ1) is 20.9. The number of carbonyl (C=O) groups is 2. The predicted molar refractivity (Wildman–Crippen MR) is 146 cm³/mol. The molecule has 1 aliphatic heterocycles. The molecule has 5 rings (SSSR count). The largest absolute Gasteiger partial charge is 0.481 e. The molecule has 0 bridgehead atoms. The number of carbonyl (C=O) groups excluding carboxylic acids is 2. The van der Waals surface area contributed by atoms with Crippen molar-refractivity contribution >= 4 is 23.0 Å². The van der Waals surface area contributed by atoms with Crippen molar-refractivity contribution in [3.63, 3.8) is 0 Å². The van der Waals surface area contributed by atoms with E-state index in [9.17, 15) is 31.5 Å². The molecule has 15 heteroatoms. The van der Waals surface area contributed by atoms with Gasteiger partial charge in [-0.05, 0) is 42.0 Å². The zero-order chi connectivity index (χ0) is 31.6. The van der Waals surface area contributed by atoms with Crippen molar-refractivity contribution in [1.82, 2.24) is 25.5 Å². The molecule has 1 saturated heterocycles. The Labute approximate surface area is 249 Å². The molecule has 3 heterocycles. The molecule has 238 valence electrons. The molecule has 2 aliphatic rings. The zero-order valence-corrected chi connectivity index (χ0v) is 24.0. The Morgan fingerprint density at radius 2 is 1.95 bits per heavy atom. The third kappa shape index (κ3) is 7.03. The molecule has 0 radical (unpaired) electrons. The van der Waals surface area contributed by atoms with E-state index in [-0.39, 0.29) is 56.4 Å². The second kappa shape index (κ2) is 12.5. The second-order valence-corrected chi connectivity index (χ2v) is 11.1. The number of amides is 3. The van der Waals surface area contributed by atoms with Crippen molar-refractivity contribution in [2.45, 2.75) is 62.3 Å². The minimum Gasteiger partial charge on any atom is -0.481 e. The number of oxazole rings is 1. The molecule has 3 aromatic rings. The van der Waals surface area contributed by atoms with Gasteiger partial charge in [-0.2, -0.15) is 13.2 Å². The molecular formula is C29H32F5N5O5. The van der Waals surface area contributed by atoms with E-state index in [2.05, 4.69) is 15.3 Å². The summed E-state index contributed by atoms with van der Waals surface area (Å²) in [6.07, 6.45) is -3.56. The average molecular weight is 626 g/mol. The summed E-state index contributed by atoms with van der Waals surface area (Å²) in [5, 5.41) is 4.87. The summed E-state index contributed by atoms with van der Waals surface area (Å²) in [5.41, 5.74) is 1.72. The van der Waals surface area contributed by atoms with Crippen LogP contribution in [0.3, 0.4) is 0 Å². The van der Waals surface area contributed by atoms with Gasteiger partial charge in [0.05, 0.1) is 32.7 Å². The van der Waals surface area contributed by atoms with E-state index >= 15 is 0 Å². The number of urea groups is 1. The number of alkyl halides is 5. The van der Waals surface area contributed by atoms with E-state index in [1.165, 1.54) is 20.4 Å². The van der Waals surface area contributed by atoms with Crippen LogP contribution in [0, 0.1) is 5.92 Å². The smallest absolute Gasteiger partial charge is 0.410 e. The second-order valence-electron chi connectivity index (χ2n) is 11.1. The first kappa shape index (κ1) is 31.4. The van der Waals surface area contributed by atoms with Gasteiger partial charge in [-0.1, -0.05) is 12.1 Å². The SMILES string of the molecule is COC[C@H](c1ccc2oc([C@@H](NC(=O)Cc3ccc(OC)nc3)C3CCC(F)(F)CC3)nc2c1)N1C[C@@H](C(F)(F)F)NC1=O. The number of hydrogen-bond acceptors (Lipinski definition) is 7. The summed E-state index contributed by atoms with van der Waals surface area (Å²) in [5.74, 6) is -3.05. The molecule has 2 aromatic heterocycles. The minimum atomic E-state index is -4.61. The van der Waals surface area contributed by atoms with Crippen molar-refractivity contribution in [1.29, 1.82) is 0 Å². The van der Waals surface area contributed by atoms with Crippen LogP contribution in [-0.4, -0.2) is 72.3 Å². The Morgan fingerprint density at radius 1 is 1.20 bits per heavy atom. The van der Waals surface area contributed by atoms with E-state index in [0.717, 1.165) is 4.90 Å². The number of hydrogen-bond donors (Lipinski definition) is 2. The van der Waals surface area contributed by atoms with Crippen molar-refractivity contribution in [2.75, 3.05) is 27.4 Å². The van der Waals surface area contributed by atoms with Gasteiger partial charge in [0.2, 0.25) is 23.6 Å². The number of nitrogens with one attached hydrogen (secondary N) is 2. The fourth-order valence-corrected chi connectivity index (χ4v) is 5.66. The summed E-state index contributed by atoms with van der Waals surface area (Å²) < 4.78 is 84.2. The van der Waals surface area contributed by atoms with E-state index in [1.54, 1.807) is 30.3 Å². The van der Waals surface area contributed by atoms with E-state index in [1.807, 2.05) is 5.32 Å². The van der Waals surface area contributed by atoms with Crippen LogP contribution >= 0.6 is 0 Å². The summed E-state index contributed by atoms with van der Waals surface area (Å²) in [7, 11) is 2.85. The van der Waals surface area contributed by atoms with Crippen molar-refractivity contribution in [3.05, 3.63) is 53.5 Å². The van der Waals surface area contributed by atoms with Crippen LogP contribution in [0.1, 0.15) is 54.8 Å². The maximum atomic E-state index is 14.0. The number of halogens is 5. The van der Waals surface area contributed by atoms with E-state index in [0.29, 0.717) is 28.1 Å². The van der Waals surface area contributed by atoms with Gasteiger partial charge in [0, 0.05) is 32.2 Å². The molecule has 2 fully saturated rings. The number of methoxy groups -OCH3 is 2. The monoisotopic (exact) mass is 625 g/mol. The maximum Gasteiger partial charge on any atom is 0.410 e. The molecule has 0 spiro atoms. The van der Waals surface area contributed by atoms with Crippen molar-refractivity contribution in [3.8, 4) is 5.88 Å². The summed E-state index contributed by atoms with van der Waals surface area (Å²) in [6, 6.07) is 3.49. The average Bonchev–Trinajstić information content (AvgIpc) is 3.58. The van der Waals surface area contributed by atoms with Crippen LogP contribution in [0.2, 0.25) is 0 Å². The highest BCUT2D eigenvalue weighted by Crippen LogP contribution is 2.42. The lowest BCUT2D eigenvalue weighted by molar-refractivity contribution is -0.150. The minimum absolute atomic E-state index is 0.0315. The van der Waals surface area contributed by atoms with Gasteiger partial charge in [-0.25, -0.2) is 23.5 Å². The number of aromatic nitrogens is 2. The maximum absolute atomic E-state index is 14.0. The van der Waals surface area contributed by atoms with Crippen LogP contribution in [-0.2, 0) is 16.0 Å². The van der Waals surface area contributed by atoms with Crippen LogP contribution in [0.25, 0.3) is 11.1 Å². The Balaban J connectivity index is 1.41. The third-order valence-corrected chi connectivity index (χ3v) is 8.03. The lowest BCUT2D eigenvalue weighted by atomic mass is 9.82. The molecule has 1 saturated carbocycles. The summed E-state index contributed by atoms with van der Waals surface area (Å²) >= 11 is 0. The molecule has 3 amide bonds. The third-order valence-electron chi connectivity index (χ3n) is 8.03. The summed E-state index contributed by atoms with van der Waals surface area (Å²) in [6.45, 7) is -0.675. The Kier molecular flexibility index (Phi) is 8.95. The van der Waals surface area contributed by atoms with Gasteiger partial charge in [-0.15, -0.1) is 0 Å². The van der Waals surface area contributed by atoms with Gasteiger partial charge >= 0.3 is 12.2 Å². The fraction of sp³-hybridized carbons (Fsp3) is 0.517. The van der Waals surface area contributed by atoms with Crippen LogP contribution in [0.4, 0.5) is 26.7 Å². The standard InChI is InChI=1S/C29H32F5N5O5/c1-42-15-20(39-14-22(29(32,33)34)37-27(39)41)18-4-5-21-19(12-18)36-26(44-21)25(17-7-9-28(30,31)10-8-17)38-23(40)11-16-3-6-24(43-2)35-13-16/h3-6,12-13,17,20,22,25H,7-11,14-15H2,1-2H3,(H,37,41)(H,38,40)/t20-,22+,25+/m1/s1. The number of ether oxygens (including phenoxy) is 2. The first-order valence-electron chi connectivity index (χ1n) is 14.1. The highest BCUT2D eigenvalue weighted by Gasteiger charge is 2.48. The van der Waals surface area contributed by atoms with E-state index in [4.69, 9.17) is 13.9 Å². The molecule has 0 unspecified atom stereocenters. The molecule has 1 aliphatic carbocycles. The van der Waals surface area contributed by atoms with Gasteiger partial charge in [0.25, 0.3) is 0 Å². The number of nitrogens with zero attached hydrogens (tertiary/aromatic N) is 3. The number of fused-ring (bicyclic) bond motifs is 1. The molecule has 3 atom stereocenters. The fourth-order valence-electron chi connectivity index (χ4n) is 5.66. The van der Waals surface area contributed by atoms with E-state index < -0.39 is 42.8 Å². The van der Waals surface area contributed by atoms with Gasteiger partial charge < -0.3 is 29.4 Å². The molecule has 10 nitrogen and oxygen atoms in total. The van der Waals surface area contributed by atoms with Gasteiger partial charge in [-0.3, -0.25) is 4.79 Å². The lowest BCUT2D eigenvalue weighted by Gasteiger charge is -2.32. The normalized spacial score (nSPS) is 20.4. The highest BCUT2D eigenvalue weighted by atomic mass is 19.4. The Bertz CT molecular complexity index is 1470.